The Kier molecular flexibility index (Phi) is 6.46. The number of rotatable bonds is 8. The van der Waals surface area contributed by atoms with Gasteiger partial charge in [-0.15, -0.1) is 0 Å². The Morgan fingerprint density at radius 1 is 1.16 bits per heavy atom. The van der Waals surface area contributed by atoms with Crippen LogP contribution >= 0.6 is 0 Å². The van der Waals surface area contributed by atoms with E-state index in [-0.39, 0.29) is 30.2 Å². The second-order valence-corrected chi connectivity index (χ2v) is 8.74. The number of benzene rings is 1. The molecule has 2 aliphatic heterocycles. The number of methoxy groups -OCH3 is 1. The van der Waals surface area contributed by atoms with Crippen molar-refractivity contribution in [1.82, 2.24) is 15.1 Å². The number of anilines is 1. The Bertz CT molecular complexity index is 803. The summed E-state index contributed by atoms with van der Waals surface area (Å²) in [6, 6.07) is 9.89. The highest BCUT2D eigenvalue weighted by Crippen LogP contribution is 2.40. The topological polar surface area (TPSA) is 82.2 Å². The van der Waals surface area contributed by atoms with Crippen LogP contribution in [0.4, 0.5) is 5.69 Å². The van der Waals surface area contributed by atoms with Crippen LogP contribution in [-0.2, 0) is 19.1 Å². The molecule has 3 fully saturated rings. The Morgan fingerprint density at radius 3 is 2.52 bits per heavy atom. The van der Waals surface area contributed by atoms with Crippen molar-refractivity contribution in [2.75, 3.05) is 51.5 Å². The number of ether oxygens (including phenoxy) is 1. The maximum atomic E-state index is 13.6. The van der Waals surface area contributed by atoms with E-state index in [1.807, 2.05) is 35.2 Å². The van der Waals surface area contributed by atoms with Crippen LogP contribution in [-0.4, -0.2) is 79.6 Å². The number of carbonyl (C=O) groups excluding carboxylic acids is 3. The molecule has 31 heavy (non-hydrogen) atoms. The monoisotopic (exact) mass is 428 g/mol. The Labute approximate surface area is 183 Å². The summed E-state index contributed by atoms with van der Waals surface area (Å²) < 4.78 is 5.01. The molecule has 4 rings (SSSR count). The second kappa shape index (κ2) is 9.26. The fourth-order valence-electron chi connectivity index (χ4n) is 4.68. The van der Waals surface area contributed by atoms with Gasteiger partial charge in [-0.05, 0) is 44.2 Å². The first kappa shape index (κ1) is 21.6. The van der Waals surface area contributed by atoms with Crippen LogP contribution in [0.25, 0.3) is 0 Å². The number of carbonyl (C=O) groups is 3. The zero-order chi connectivity index (χ0) is 21.8. The molecule has 2 heterocycles. The van der Waals surface area contributed by atoms with E-state index in [4.69, 9.17) is 4.74 Å². The van der Waals surface area contributed by atoms with E-state index >= 15 is 0 Å². The van der Waals surface area contributed by atoms with E-state index in [1.165, 1.54) is 0 Å². The summed E-state index contributed by atoms with van der Waals surface area (Å²) in [5.74, 6) is 0.258. The lowest BCUT2D eigenvalue weighted by Gasteiger charge is -2.43. The van der Waals surface area contributed by atoms with Crippen LogP contribution in [0.15, 0.2) is 30.3 Å². The molecule has 8 heteroatoms. The summed E-state index contributed by atoms with van der Waals surface area (Å²) in [7, 11) is 1.63. The van der Waals surface area contributed by atoms with Gasteiger partial charge in [0.05, 0.1) is 6.67 Å². The van der Waals surface area contributed by atoms with Crippen molar-refractivity contribution in [3.63, 3.8) is 0 Å². The summed E-state index contributed by atoms with van der Waals surface area (Å²) in [4.78, 5) is 44.2. The average Bonchev–Trinajstić information content (AvgIpc) is 3.61. The summed E-state index contributed by atoms with van der Waals surface area (Å²) in [5, 5.41) is 2.87. The summed E-state index contributed by atoms with van der Waals surface area (Å²) in [6.07, 6.45) is 3.89. The molecular formula is C23H32N4O4. The first-order valence-corrected chi connectivity index (χ1v) is 11.2. The summed E-state index contributed by atoms with van der Waals surface area (Å²) >= 11 is 0. The molecule has 2 saturated heterocycles. The van der Waals surface area contributed by atoms with Gasteiger partial charge < -0.3 is 24.8 Å². The van der Waals surface area contributed by atoms with Crippen LogP contribution in [0, 0.1) is 5.92 Å². The minimum Gasteiger partial charge on any atom is -0.385 e. The molecule has 0 aromatic heterocycles. The second-order valence-electron chi connectivity index (χ2n) is 8.74. The number of nitrogens with one attached hydrogen (secondary N) is 1. The molecule has 0 bridgehead atoms. The largest absolute Gasteiger partial charge is 0.385 e. The van der Waals surface area contributed by atoms with E-state index in [9.17, 15) is 14.4 Å². The molecular weight excluding hydrogens is 396 g/mol. The smallest absolute Gasteiger partial charge is 0.250 e. The lowest BCUT2D eigenvalue weighted by molar-refractivity contribution is -0.140. The Hall–Kier alpha value is -2.61. The standard InChI is InChI=1S/C23H32N4O4/c1-31-15-5-12-24-20(28)16-26-17-27(19-6-3-2-4-7-19)23(22(26)30)10-13-25(14-11-23)21(29)18-8-9-18/h2-4,6-7,18H,5,8-17H2,1H3,(H,24,28). The van der Waals surface area contributed by atoms with Crippen LogP contribution in [0.2, 0.25) is 0 Å². The maximum absolute atomic E-state index is 13.6. The van der Waals surface area contributed by atoms with Crippen molar-refractivity contribution >= 4 is 23.4 Å². The van der Waals surface area contributed by atoms with Crippen LogP contribution in [0.1, 0.15) is 32.1 Å². The molecule has 1 aromatic rings. The van der Waals surface area contributed by atoms with Crippen LogP contribution in [0.3, 0.4) is 0 Å². The normalized spacial score (nSPS) is 20.4. The maximum Gasteiger partial charge on any atom is 0.250 e. The van der Waals surface area contributed by atoms with Gasteiger partial charge in [0.25, 0.3) is 5.91 Å². The highest BCUT2D eigenvalue weighted by atomic mass is 16.5. The van der Waals surface area contributed by atoms with Crippen molar-refractivity contribution in [2.45, 2.75) is 37.6 Å². The van der Waals surface area contributed by atoms with E-state index in [0.717, 1.165) is 24.9 Å². The minimum atomic E-state index is -0.696. The van der Waals surface area contributed by atoms with Gasteiger partial charge >= 0.3 is 0 Å². The quantitative estimate of drug-likeness (QED) is 0.630. The first-order valence-electron chi connectivity index (χ1n) is 11.2. The Balaban J connectivity index is 1.46. The summed E-state index contributed by atoms with van der Waals surface area (Å²) in [5.41, 5.74) is 0.277. The van der Waals surface area contributed by atoms with Gasteiger partial charge in [-0.3, -0.25) is 14.4 Å². The van der Waals surface area contributed by atoms with E-state index in [1.54, 1.807) is 12.0 Å². The molecule has 0 radical (unpaired) electrons. The summed E-state index contributed by atoms with van der Waals surface area (Å²) in [6.45, 7) is 2.71. The molecule has 8 nitrogen and oxygen atoms in total. The van der Waals surface area contributed by atoms with Gasteiger partial charge in [0.2, 0.25) is 11.8 Å². The van der Waals surface area contributed by atoms with Gasteiger partial charge in [0.15, 0.2) is 0 Å². The van der Waals surface area contributed by atoms with Gasteiger partial charge in [0.1, 0.15) is 12.1 Å². The van der Waals surface area contributed by atoms with Gasteiger partial charge in [-0.25, -0.2) is 0 Å². The van der Waals surface area contributed by atoms with Gasteiger partial charge in [-0.2, -0.15) is 0 Å². The zero-order valence-corrected chi connectivity index (χ0v) is 18.2. The SMILES string of the molecule is COCCCNC(=O)CN1CN(c2ccccc2)C2(CCN(C(=O)C3CC3)CC2)C1=O. The number of amides is 3. The molecule has 1 spiro atoms. The molecule has 1 aromatic carbocycles. The highest BCUT2D eigenvalue weighted by molar-refractivity contribution is 5.96. The molecule has 0 atom stereocenters. The number of piperidine rings is 1. The molecule has 1 aliphatic carbocycles. The van der Waals surface area contributed by atoms with E-state index in [0.29, 0.717) is 45.8 Å². The van der Waals surface area contributed by atoms with Crippen LogP contribution in [0.5, 0.6) is 0 Å². The van der Waals surface area contributed by atoms with Crippen molar-refractivity contribution in [3.05, 3.63) is 30.3 Å². The molecule has 168 valence electrons. The average molecular weight is 429 g/mol. The van der Waals surface area contributed by atoms with Crippen molar-refractivity contribution in [2.24, 2.45) is 5.92 Å². The van der Waals surface area contributed by atoms with Crippen LogP contribution < -0.4 is 10.2 Å². The number of hydrogen-bond acceptors (Lipinski definition) is 5. The molecule has 3 amide bonds. The third-order valence-corrected chi connectivity index (χ3v) is 6.59. The van der Waals surface area contributed by atoms with Crippen molar-refractivity contribution in [1.29, 1.82) is 0 Å². The predicted octanol–water partition coefficient (Wildman–Crippen LogP) is 1.22. The van der Waals surface area contributed by atoms with Crippen molar-refractivity contribution in [3.8, 4) is 0 Å². The highest BCUT2D eigenvalue weighted by Gasteiger charge is 2.54. The third kappa shape index (κ3) is 4.54. The molecule has 0 unspecified atom stereocenters. The first-order chi connectivity index (χ1) is 15.0. The number of para-hydroxylation sites is 1. The Morgan fingerprint density at radius 2 is 1.87 bits per heavy atom. The van der Waals surface area contributed by atoms with E-state index < -0.39 is 5.54 Å². The number of nitrogens with zero attached hydrogens (tertiary/aromatic N) is 3. The lowest BCUT2D eigenvalue weighted by Crippen LogP contribution is -2.57. The zero-order valence-electron chi connectivity index (χ0n) is 18.2. The van der Waals surface area contributed by atoms with Gasteiger partial charge in [-0.1, -0.05) is 18.2 Å². The third-order valence-electron chi connectivity index (χ3n) is 6.59. The predicted molar refractivity (Wildman–Crippen MR) is 116 cm³/mol. The number of likely N-dealkylation sites (tertiary alicyclic amines) is 1. The fourth-order valence-corrected chi connectivity index (χ4v) is 4.68. The van der Waals surface area contributed by atoms with Crippen molar-refractivity contribution < 1.29 is 19.1 Å². The van der Waals surface area contributed by atoms with E-state index in [2.05, 4.69) is 10.2 Å². The number of hydrogen-bond donors (Lipinski definition) is 1. The molecule has 1 N–H and O–H groups in total. The van der Waals surface area contributed by atoms with Gasteiger partial charge in [0, 0.05) is 45.0 Å². The molecule has 1 saturated carbocycles. The lowest BCUT2D eigenvalue weighted by atomic mass is 9.85. The minimum absolute atomic E-state index is 0.0121. The fraction of sp³-hybridized carbons (Fsp3) is 0.609. The molecule has 3 aliphatic rings.